The molecular weight excluding hydrogens is 370 g/mol. The number of piperazine rings is 1. The molecule has 0 saturated carbocycles. The average Bonchev–Trinajstić information content (AvgIpc) is 3.24. The predicted molar refractivity (Wildman–Crippen MR) is 112 cm³/mol. The Labute approximate surface area is 170 Å². The van der Waals surface area contributed by atoms with Gasteiger partial charge in [-0.2, -0.15) is 0 Å². The van der Waals surface area contributed by atoms with Gasteiger partial charge < -0.3 is 24.3 Å². The highest BCUT2D eigenvalue weighted by Gasteiger charge is 2.24. The normalized spacial score (nSPS) is 20.1. The molecule has 1 unspecified atom stereocenters. The standard InChI is InChI=1S/C22H27N3O4/c1-15-14-19(18-4-3-13-28-18)29-22(27)20(15)21(26)23-16-5-7-17(8-6-16)25-11-9-24(2)10-12-25/h5-8,14,18H,3-4,9-13H2,1-2H3,(H,23,26). The molecule has 2 aliphatic heterocycles. The van der Waals surface area contributed by atoms with E-state index in [0.29, 0.717) is 23.6 Å². The van der Waals surface area contributed by atoms with Gasteiger partial charge in [0.15, 0.2) is 0 Å². The summed E-state index contributed by atoms with van der Waals surface area (Å²) in [6.45, 7) is 6.46. The van der Waals surface area contributed by atoms with Crippen LogP contribution in [0.5, 0.6) is 0 Å². The number of rotatable bonds is 4. The second kappa shape index (κ2) is 8.39. The lowest BCUT2D eigenvalue weighted by Gasteiger charge is -2.34. The van der Waals surface area contributed by atoms with Crippen molar-refractivity contribution in [2.75, 3.05) is 50.1 Å². The third kappa shape index (κ3) is 4.36. The van der Waals surface area contributed by atoms with Gasteiger partial charge in [0.25, 0.3) is 5.91 Å². The topological polar surface area (TPSA) is 75.0 Å². The monoisotopic (exact) mass is 397 g/mol. The van der Waals surface area contributed by atoms with Gasteiger partial charge in [0.2, 0.25) is 0 Å². The molecule has 0 bridgehead atoms. The van der Waals surface area contributed by atoms with Crippen molar-refractivity contribution < 1.29 is 13.9 Å². The van der Waals surface area contributed by atoms with Crippen molar-refractivity contribution in [3.63, 3.8) is 0 Å². The minimum atomic E-state index is -0.623. The third-order valence-corrected chi connectivity index (χ3v) is 5.64. The number of hydrogen-bond donors (Lipinski definition) is 1. The third-order valence-electron chi connectivity index (χ3n) is 5.64. The molecule has 1 aromatic heterocycles. The maximum Gasteiger partial charge on any atom is 0.349 e. The molecule has 7 heteroatoms. The Balaban J connectivity index is 1.46. The van der Waals surface area contributed by atoms with Crippen molar-refractivity contribution in [3.05, 3.63) is 57.6 Å². The quantitative estimate of drug-likeness (QED) is 0.855. The van der Waals surface area contributed by atoms with Gasteiger partial charge in [-0.25, -0.2) is 4.79 Å². The van der Waals surface area contributed by atoms with Gasteiger partial charge in [-0.05, 0) is 62.7 Å². The maximum atomic E-state index is 12.7. The van der Waals surface area contributed by atoms with Crippen molar-refractivity contribution in [1.82, 2.24) is 4.90 Å². The van der Waals surface area contributed by atoms with E-state index in [1.54, 1.807) is 13.0 Å². The fourth-order valence-electron chi connectivity index (χ4n) is 3.88. The van der Waals surface area contributed by atoms with Crippen LogP contribution in [0.2, 0.25) is 0 Å². The summed E-state index contributed by atoms with van der Waals surface area (Å²) < 4.78 is 11.0. The molecule has 1 atom stereocenters. The molecule has 1 N–H and O–H groups in total. The maximum absolute atomic E-state index is 12.7. The summed E-state index contributed by atoms with van der Waals surface area (Å²) in [5.74, 6) is 0.0422. The van der Waals surface area contributed by atoms with Crippen LogP contribution in [0.3, 0.4) is 0 Å². The van der Waals surface area contributed by atoms with Crippen LogP contribution >= 0.6 is 0 Å². The van der Waals surface area contributed by atoms with E-state index in [1.165, 1.54) is 0 Å². The summed E-state index contributed by atoms with van der Waals surface area (Å²) in [4.78, 5) is 29.8. The Morgan fingerprint density at radius 3 is 2.48 bits per heavy atom. The van der Waals surface area contributed by atoms with E-state index >= 15 is 0 Å². The van der Waals surface area contributed by atoms with Gasteiger partial charge >= 0.3 is 5.63 Å². The van der Waals surface area contributed by atoms with Crippen LogP contribution in [0.1, 0.15) is 40.6 Å². The van der Waals surface area contributed by atoms with Gasteiger partial charge in [-0.1, -0.05) is 0 Å². The summed E-state index contributed by atoms with van der Waals surface area (Å²) >= 11 is 0. The van der Waals surface area contributed by atoms with Crippen molar-refractivity contribution in [2.24, 2.45) is 0 Å². The number of ether oxygens (including phenoxy) is 1. The smallest absolute Gasteiger partial charge is 0.349 e. The van der Waals surface area contributed by atoms with Crippen LogP contribution in [0.25, 0.3) is 0 Å². The lowest BCUT2D eigenvalue weighted by molar-refractivity contribution is 0.0895. The number of anilines is 2. The first kappa shape index (κ1) is 19.7. The molecule has 1 aromatic carbocycles. The first-order valence-corrected chi connectivity index (χ1v) is 10.1. The minimum Gasteiger partial charge on any atom is -0.424 e. The Bertz CT molecular complexity index is 924. The van der Waals surface area contributed by atoms with Crippen LogP contribution in [-0.2, 0) is 4.74 Å². The molecule has 2 saturated heterocycles. The number of amides is 1. The lowest BCUT2D eigenvalue weighted by Crippen LogP contribution is -2.44. The number of nitrogens with zero attached hydrogens (tertiary/aromatic N) is 2. The predicted octanol–water partition coefficient (Wildman–Crippen LogP) is 2.80. The van der Waals surface area contributed by atoms with E-state index < -0.39 is 11.5 Å². The van der Waals surface area contributed by atoms with Crippen LogP contribution < -0.4 is 15.8 Å². The second-order valence-electron chi connectivity index (χ2n) is 7.79. The molecule has 154 valence electrons. The number of nitrogens with one attached hydrogen (secondary N) is 1. The first-order chi connectivity index (χ1) is 14.0. The lowest BCUT2D eigenvalue weighted by atomic mass is 10.1. The van der Waals surface area contributed by atoms with Gasteiger partial charge in [-0.15, -0.1) is 0 Å². The molecule has 0 radical (unpaired) electrons. The van der Waals surface area contributed by atoms with Crippen molar-refractivity contribution >= 4 is 17.3 Å². The molecule has 1 amide bonds. The zero-order chi connectivity index (χ0) is 20.4. The molecule has 2 aromatic rings. The van der Waals surface area contributed by atoms with E-state index in [-0.39, 0.29) is 11.7 Å². The minimum absolute atomic E-state index is 0.0369. The number of benzene rings is 1. The van der Waals surface area contributed by atoms with Crippen LogP contribution in [0.15, 0.2) is 39.5 Å². The Kier molecular flexibility index (Phi) is 5.69. The Hall–Kier alpha value is -2.64. The summed E-state index contributed by atoms with van der Waals surface area (Å²) in [5.41, 5.74) is 1.79. The average molecular weight is 397 g/mol. The molecule has 2 aliphatic rings. The number of aryl methyl sites for hydroxylation is 1. The molecule has 3 heterocycles. The number of likely N-dealkylation sites (N-methyl/N-ethyl adjacent to an activating group) is 1. The molecular formula is C22H27N3O4. The molecule has 2 fully saturated rings. The Morgan fingerprint density at radius 2 is 1.86 bits per heavy atom. The Morgan fingerprint density at radius 1 is 1.14 bits per heavy atom. The first-order valence-electron chi connectivity index (χ1n) is 10.1. The summed E-state index contributed by atoms with van der Waals surface area (Å²) in [7, 11) is 2.13. The van der Waals surface area contributed by atoms with Gasteiger partial charge in [0, 0.05) is 44.2 Å². The van der Waals surface area contributed by atoms with Crippen molar-refractivity contribution in [1.29, 1.82) is 0 Å². The molecule has 4 rings (SSSR count). The zero-order valence-corrected chi connectivity index (χ0v) is 16.9. The van der Waals surface area contributed by atoms with Crippen molar-refractivity contribution in [2.45, 2.75) is 25.9 Å². The second-order valence-corrected chi connectivity index (χ2v) is 7.79. The molecule has 0 aliphatic carbocycles. The van der Waals surface area contributed by atoms with E-state index in [0.717, 1.165) is 44.7 Å². The van der Waals surface area contributed by atoms with Crippen LogP contribution in [-0.4, -0.2) is 50.6 Å². The fourth-order valence-corrected chi connectivity index (χ4v) is 3.88. The van der Waals surface area contributed by atoms with E-state index in [1.807, 2.05) is 24.3 Å². The number of hydrogen-bond acceptors (Lipinski definition) is 6. The highest BCUT2D eigenvalue weighted by Crippen LogP contribution is 2.28. The van der Waals surface area contributed by atoms with Gasteiger partial charge in [0.1, 0.15) is 17.4 Å². The van der Waals surface area contributed by atoms with E-state index in [4.69, 9.17) is 9.15 Å². The summed E-state index contributed by atoms with van der Waals surface area (Å²) in [6.07, 6.45) is 1.58. The van der Waals surface area contributed by atoms with E-state index in [9.17, 15) is 9.59 Å². The van der Waals surface area contributed by atoms with E-state index in [2.05, 4.69) is 22.2 Å². The highest BCUT2D eigenvalue weighted by atomic mass is 16.5. The summed E-state index contributed by atoms with van der Waals surface area (Å²) in [6, 6.07) is 9.46. The van der Waals surface area contributed by atoms with Gasteiger partial charge in [-0.3, -0.25) is 4.79 Å². The van der Waals surface area contributed by atoms with Gasteiger partial charge in [0.05, 0.1) is 0 Å². The van der Waals surface area contributed by atoms with Crippen molar-refractivity contribution in [3.8, 4) is 0 Å². The largest absolute Gasteiger partial charge is 0.424 e. The zero-order valence-electron chi connectivity index (χ0n) is 16.9. The number of carbonyl (C=O) groups is 1. The molecule has 0 spiro atoms. The highest BCUT2D eigenvalue weighted by molar-refractivity contribution is 6.04. The molecule has 7 nitrogen and oxygen atoms in total. The van der Waals surface area contributed by atoms with Crippen LogP contribution in [0.4, 0.5) is 11.4 Å². The van der Waals surface area contributed by atoms with Crippen LogP contribution in [0, 0.1) is 6.92 Å². The SMILES string of the molecule is Cc1cc(C2CCCO2)oc(=O)c1C(=O)Nc1ccc(N2CCN(C)CC2)cc1. The molecule has 29 heavy (non-hydrogen) atoms. The summed E-state index contributed by atoms with van der Waals surface area (Å²) in [5, 5.41) is 2.81. The fraction of sp³-hybridized carbons (Fsp3) is 0.455. The number of carbonyl (C=O) groups excluding carboxylic acids is 1.